The van der Waals surface area contributed by atoms with E-state index in [1.807, 2.05) is 0 Å². The van der Waals surface area contributed by atoms with E-state index in [9.17, 15) is 19.8 Å². The number of nitrogens with one attached hydrogen (secondary N) is 2. The molecule has 0 aromatic heterocycles. The van der Waals surface area contributed by atoms with Crippen molar-refractivity contribution in [1.29, 1.82) is 0 Å². The number of phenols is 2. The molecule has 0 saturated carbocycles. The van der Waals surface area contributed by atoms with Crippen molar-refractivity contribution in [3.05, 3.63) is 57.6 Å². The highest BCUT2D eigenvalue weighted by atomic mass is 16.3. The summed E-state index contributed by atoms with van der Waals surface area (Å²) in [4.78, 5) is 26.0. The number of aryl methyl sites for hydroxylation is 2. The van der Waals surface area contributed by atoms with Gasteiger partial charge in [-0.05, 0) is 108 Å². The first-order valence-electron chi connectivity index (χ1n) is 20.8. The number of carbonyl (C=O) groups is 2. The highest BCUT2D eigenvalue weighted by Gasteiger charge is 2.29. The highest BCUT2D eigenvalue weighted by molar-refractivity contribution is 5.77. The lowest BCUT2D eigenvalue weighted by molar-refractivity contribution is -0.123. The van der Waals surface area contributed by atoms with Crippen LogP contribution >= 0.6 is 0 Å². The summed E-state index contributed by atoms with van der Waals surface area (Å²) in [5.41, 5.74) is 4.65. The number of aromatic hydroxyl groups is 2. The summed E-state index contributed by atoms with van der Waals surface area (Å²) >= 11 is 0. The third-order valence-corrected chi connectivity index (χ3v) is 10.7. The standard InChI is InChI=1S/C48H80N2O4/c1-43(2,3)35-29-33(30-36(41(35)53)44(4,5)6)23-25-39(51)49-47(13,14)27-21-19-17-18-20-22-28-48(15,16)50-40(52)26-24-34-31-37(45(7,8)9)42(54)38(32-34)46(10,11)12/h29-32,53-54H,17-28H2,1-16H3,(H,49,51)(H,50,52). The Hall–Kier alpha value is -3.02. The number of hydrogen-bond donors (Lipinski definition) is 4. The Labute approximate surface area is 331 Å². The molecule has 306 valence electrons. The van der Waals surface area contributed by atoms with Crippen molar-refractivity contribution >= 4 is 11.8 Å². The Kier molecular flexibility index (Phi) is 16.0. The Morgan fingerprint density at radius 3 is 0.926 bits per heavy atom. The van der Waals surface area contributed by atoms with Gasteiger partial charge in [0.25, 0.3) is 0 Å². The SMILES string of the molecule is CC(C)(CCCCCCCCC(C)(C)NC(=O)CCc1cc(C(C)(C)C)c(O)c(C(C)(C)C)c1)NC(=O)CCc1cc(C(C)(C)C)c(O)c(C(C)(C)C)c1. The molecule has 54 heavy (non-hydrogen) atoms. The molecule has 2 aromatic rings. The van der Waals surface area contributed by atoms with E-state index >= 15 is 0 Å². The molecular weight excluding hydrogens is 669 g/mol. The van der Waals surface area contributed by atoms with Crippen LogP contribution in [0.25, 0.3) is 0 Å². The molecule has 0 fully saturated rings. The minimum Gasteiger partial charge on any atom is -0.507 e. The van der Waals surface area contributed by atoms with Gasteiger partial charge in [-0.2, -0.15) is 0 Å². The van der Waals surface area contributed by atoms with Gasteiger partial charge in [0.1, 0.15) is 11.5 Å². The Morgan fingerprint density at radius 1 is 0.444 bits per heavy atom. The van der Waals surface area contributed by atoms with Gasteiger partial charge in [-0.1, -0.05) is 146 Å². The second kappa shape index (κ2) is 18.3. The molecule has 0 spiro atoms. The summed E-state index contributed by atoms with van der Waals surface area (Å²) in [5, 5.41) is 28.6. The van der Waals surface area contributed by atoms with Gasteiger partial charge >= 0.3 is 0 Å². The summed E-state index contributed by atoms with van der Waals surface area (Å²) in [6.07, 6.45) is 10.8. The number of amides is 2. The molecule has 2 rings (SSSR count). The molecule has 0 aliphatic heterocycles. The van der Waals surface area contributed by atoms with Crippen molar-refractivity contribution in [3.8, 4) is 11.5 Å². The van der Waals surface area contributed by atoms with Crippen molar-refractivity contribution < 1.29 is 19.8 Å². The number of benzene rings is 2. The van der Waals surface area contributed by atoms with Gasteiger partial charge in [0.15, 0.2) is 0 Å². The predicted molar refractivity (Wildman–Crippen MR) is 229 cm³/mol. The smallest absolute Gasteiger partial charge is 0.220 e. The first-order chi connectivity index (χ1) is 24.4. The predicted octanol–water partition coefficient (Wildman–Crippen LogP) is 11.8. The van der Waals surface area contributed by atoms with E-state index in [2.05, 4.69) is 146 Å². The zero-order valence-corrected chi connectivity index (χ0v) is 37.5. The van der Waals surface area contributed by atoms with Crippen molar-refractivity contribution in [1.82, 2.24) is 10.6 Å². The van der Waals surface area contributed by atoms with Crippen LogP contribution in [0.5, 0.6) is 11.5 Å². The monoisotopic (exact) mass is 749 g/mol. The molecule has 2 aromatic carbocycles. The maximum Gasteiger partial charge on any atom is 0.220 e. The van der Waals surface area contributed by atoms with Gasteiger partial charge in [0.2, 0.25) is 11.8 Å². The van der Waals surface area contributed by atoms with Crippen LogP contribution in [-0.4, -0.2) is 33.1 Å². The number of carbonyl (C=O) groups excluding carboxylic acids is 2. The van der Waals surface area contributed by atoms with Crippen LogP contribution in [0, 0.1) is 0 Å². The quantitative estimate of drug-likeness (QED) is 0.121. The molecule has 4 N–H and O–H groups in total. The van der Waals surface area contributed by atoms with Crippen LogP contribution in [-0.2, 0) is 44.1 Å². The third-order valence-electron chi connectivity index (χ3n) is 10.7. The van der Waals surface area contributed by atoms with Gasteiger partial charge in [-0.25, -0.2) is 0 Å². The van der Waals surface area contributed by atoms with E-state index in [0.29, 0.717) is 37.2 Å². The number of hydrogen-bond acceptors (Lipinski definition) is 4. The molecule has 0 bridgehead atoms. The van der Waals surface area contributed by atoms with Crippen molar-refractivity contribution in [2.24, 2.45) is 0 Å². The first-order valence-corrected chi connectivity index (χ1v) is 20.8. The van der Waals surface area contributed by atoms with Crippen LogP contribution in [0.1, 0.15) is 208 Å². The highest BCUT2D eigenvalue weighted by Crippen LogP contribution is 2.41. The fraction of sp³-hybridized carbons (Fsp3) is 0.708. The molecule has 0 atom stereocenters. The lowest BCUT2D eigenvalue weighted by atomic mass is 9.78. The van der Waals surface area contributed by atoms with E-state index in [-0.39, 0.29) is 44.6 Å². The van der Waals surface area contributed by atoms with E-state index < -0.39 is 0 Å². The number of unbranched alkanes of at least 4 members (excludes halogenated alkanes) is 5. The largest absolute Gasteiger partial charge is 0.507 e. The lowest BCUT2D eigenvalue weighted by Gasteiger charge is -2.29. The molecule has 0 radical (unpaired) electrons. The molecule has 0 aliphatic rings. The normalized spacial score (nSPS) is 13.3. The molecular formula is C48H80N2O4. The fourth-order valence-electron chi connectivity index (χ4n) is 7.33. The van der Waals surface area contributed by atoms with E-state index in [4.69, 9.17) is 0 Å². The Bertz CT molecular complexity index is 1370. The Morgan fingerprint density at radius 2 is 0.685 bits per heavy atom. The third kappa shape index (κ3) is 15.3. The maximum absolute atomic E-state index is 13.0. The molecule has 0 heterocycles. The average Bonchev–Trinajstić information content (AvgIpc) is 2.98. The van der Waals surface area contributed by atoms with Crippen LogP contribution in [0.2, 0.25) is 0 Å². The summed E-state index contributed by atoms with van der Waals surface area (Å²) in [7, 11) is 0. The number of phenolic OH excluding ortho intramolecular Hbond substituents is 2. The van der Waals surface area contributed by atoms with Crippen LogP contribution in [0.4, 0.5) is 0 Å². The Balaban J connectivity index is 1.74. The average molecular weight is 749 g/mol. The van der Waals surface area contributed by atoms with Crippen molar-refractivity contribution in [3.63, 3.8) is 0 Å². The molecule has 6 heteroatoms. The zero-order chi connectivity index (χ0) is 41.5. The van der Waals surface area contributed by atoms with Gasteiger partial charge in [0, 0.05) is 23.9 Å². The van der Waals surface area contributed by atoms with E-state index in [1.54, 1.807) is 0 Å². The number of rotatable bonds is 17. The van der Waals surface area contributed by atoms with Gasteiger partial charge in [-0.3, -0.25) is 9.59 Å². The fourth-order valence-corrected chi connectivity index (χ4v) is 7.33. The maximum atomic E-state index is 13.0. The van der Waals surface area contributed by atoms with Crippen LogP contribution < -0.4 is 10.6 Å². The zero-order valence-electron chi connectivity index (χ0n) is 37.5. The molecule has 6 nitrogen and oxygen atoms in total. The second-order valence-corrected chi connectivity index (χ2v) is 21.6. The van der Waals surface area contributed by atoms with E-state index in [0.717, 1.165) is 71.9 Å². The van der Waals surface area contributed by atoms with Gasteiger partial charge in [0.05, 0.1) is 0 Å². The topological polar surface area (TPSA) is 98.7 Å². The summed E-state index contributed by atoms with van der Waals surface area (Å²) in [6.45, 7) is 33.9. The lowest BCUT2D eigenvalue weighted by Crippen LogP contribution is -2.43. The summed E-state index contributed by atoms with van der Waals surface area (Å²) < 4.78 is 0. The van der Waals surface area contributed by atoms with Crippen molar-refractivity contribution in [2.45, 2.75) is 221 Å². The van der Waals surface area contributed by atoms with Gasteiger partial charge < -0.3 is 20.8 Å². The molecule has 0 aliphatic carbocycles. The summed E-state index contributed by atoms with van der Waals surface area (Å²) in [5.74, 6) is 0.894. The van der Waals surface area contributed by atoms with Gasteiger partial charge in [-0.15, -0.1) is 0 Å². The first kappa shape index (κ1) is 47.1. The van der Waals surface area contributed by atoms with Crippen LogP contribution in [0.15, 0.2) is 24.3 Å². The van der Waals surface area contributed by atoms with Crippen LogP contribution in [0.3, 0.4) is 0 Å². The minimum atomic E-state index is -0.256. The molecule has 0 saturated heterocycles. The van der Waals surface area contributed by atoms with E-state index in [1.165, 1.54) is 12.8 Å². The van der Waals surface area contributed by atoms with Crippen molar-refractivity contribution in [2.75, 3.05) is 0 Å². The minimum absolute atomic E-state index is 0.0714. The summed E-state index contributed by atoms with van der Waals surface area (Å²) in [6, 6.07) is 8.30. The molecule has 2 amide bonds. The molecule has 0 unspecified atom stereocenters. The second-order valence-electron chi connectivity index (χ2n) is 21.6.